The van der Waals surface area contributed by atoms with Gasteiger partial charge in [0.15, 0.2) is 0 Å². The second kappa shape index (κ2) is 7.91. The molecule has 0 radical (unpaired) electrons. The van der Waals surface area contributed by atoms with Gasteiger partial charge in [0.05, 0.1) is 32.1 Å². The first kappa shape index (κ1) is 14.9. The first-order valence-electron chi connectivity index (χ1n) is 6.96. The zero-order valence-corrected chi connectivity index (χ0v) is 11.8. The molecule has 1 aliphatic rings. The standard InChI is InChI=1S/C14H22N2O4/c1-16(10-12-4-2-7-19-12)14(17)15-6-9-18-11-13-5-3-8-20-13/h2,4,7,13H,3,5-6,8-11H2,1H3,(H,15,17)/t13-/m0/s1. The zero-order valence-electron chi connectivity index (χ0n) is 11.8. The summed E-state index contributed by atoms with van der Waals surface area (Å²) in [5.41, 5.74) is 0. The molecular weight excluding hydrogens is 260 g/mol. The highest BCUT2D eigenvalue weighted by atomic mass is 16.5. The summed E-state index contributed by atoms with van der Waals surface area (Å²) in [5, 5.41) is 2.80. The second-order valence-corrected chi connectivity index (χ2v) is 4.88. The van der Waals surface area contributed by atoms with Crippen LogP contribution in [0, 0.1) is 0 Å². The molecule has 112 valence electrons. The quantitative estimate of drug-likeness (QED) is 0.772. The van der Waals surface area contributed by atoms with Crippen LogP contribution >= 0.6 is 0 Å². The summed E-state index contributed by atoms with van der Waals surface area (Å²) in [6, 6.07) is 3.51. The van der Waals surface area contributed by atoms with Crippen molar-refractivity contribution in [3.8, 4) is 0 Å². The van der Waals surface area contributed by atoms with Gasteiger partial charge in [-0.2, -0.15) is 0 Å². The predicted octanol–water partition coefficient (Wildman–Crippen LogP) is 1.62. The molecule has 0 saturated carbocycles. The van der Waals surface area contributed by atoms with E-state index in [1.54, 1.807) is 24.3 Å². The number of carbonyl (C=O) groups is 1. The van der Waals surface area contributed by atoms with Crippen LogP contribution in [-0.4, -0.2) is 50.4 Å². The highest BCUT2D eigenvalue weighted by Crippen LogP contribution is 2.11. The smallest absolute Gasteiger partial charge is 0.317 e. The van der Waals surface area contributed by atoms with E-state index in [4.69, 9.17) is 13.9 Å². The van der Waals surface area contributed by atoms with E-state index in [-0.39, 0.29) is 12.1 Å². The lowest BCUT2D eigenvalue weighted by Crippen LogP contribution is -2.38. The van der Waals surface area contributed by atoms with E-state index in [2.05, 4.69) is 5.32 Å². The molecule has 1 aromatic rings. The van der Waals surface area contributed by atoms with E-state index in [9.17, 15) is 4.79 Å². The third kappa shape index (κ3) is 4.86. The molecule has 1 fully saturated rings. The van der Waals surface area contributed by atoms with E-state index in [1.165, 1.54) is 0 Å². The van der Waals surface area contributed by atoms with E-state index < -0.39 is 0 Å². The lowest BCUT2D eigenvalue weighted by Gasteiger charge is -2.17. The number of hydrogen-bond acceptors (Lipinski definition) is 4. The van der Waals surface area contributed by atoms with Crippen LogP contribution in [-0.2, 0) is 16.0 Å². The van der Waals surface area contributed by atoms with Gasteiger partial charge in [-0.15, -0.1) is 0 Å². The van der Waals surface area contributed by atoms with Gasteiger partial charge in [0.1, 0.15) is 5.76 Å². The van der Waals surface area contributed by atoms with Gasteiger partial charge >= 0.3 is 6.03 Å². The van der Waals surface area contributed by atoms with Crippen molar-refractivity contribution in [2.24, 2.45) is 0 Å². The Hall–Kier alpha value is -1.53. The molecule has 6 heteroatoms. The van der Waals surface area contributed by atoms with Crippen LogP contribution < -0.4 is 5.32 Å². The first-order chi connectivity index (χ1) is 9.75. The minimum absolute atomic E-state index is 0.137. The Labute approximate surface area is 119 Å². The molecule has 0 bridgehead atoms. The summed E-state index contributed by atoms with van der Waals surface area (Å²) in [4.78, 5) is 13.3. The lowest BCUT2D eigenvalue weighted by atomic mass is 10.2. The normalized spacial score (nSPS) is 18.1. The fourth-order valence-electron chi connectivity index (χ4n) is 2.06. The monoisotopic (exact) mass is 282 g/mol. The number of furan rings is 1. The van der Waals surface area contributed by atoms with E-state index in [1.807, 2.05) is 6.07 Å². The SMILES string of the molecule is CN(Cc1ccco1)C(=O)NCCOC[C@@H]1CCCO1. The second-order valence-electron chi connectivity index (χ2n) is 4.88. The molecule has 1 saturated heterocycles. The Balaban J connectivity index is 1.53. The molecule has 1 aliphatic heterocycles. The molecule has 20 heavy (non-hydrogen) atoms. The Bertz CT molecular complexity index is 388. The number of urea groups is 1. The van der Waals surface area contributed by atoms with Crippen molar-refractivity contribution in [2.75, 3.05) is 33.4 Å². The Morgan fingerprint density at radius 2 is 2.50 bits per heavy atom. The molecule has 0 aromatic carbocycles. The minimum Gasteiger partial charge on any atom is -0.467 e. The number of nitrogens with zero attached hydrogens (tertiary/aromatic N) is 1. The summed E-state index contributed by atoms with van der Waals surface area (Å²) < 4.78 is 16.1. The Morgan fingerprint density at radius 3 is 3.20 bits per heavy atom. The summed E-state index contributed by atoms with van der Waals surface area (Å²) in [5.74, 6) is 0.761. The zero-order chi connectivity index (χ0) is 14.2. The van der Waals surface area contributed by atoms with Crippen LogP contribution in [0.1, 0.15) is 18.6 Å². The summed E-state index contributed by atoms with van der Waals surface area (Å²) in [6.45, 7) is 2.89. The minimum atomic E-state index is -0.137. The van der Waals surface area contributed by atoms with Crippen molar-refractivity contribution in [1.29, 1.82) is 0 Å². The Morgan fingerprint density at radius 1 is 1.60 bits per heavy atom. The number of rotatable bonds is 7. The molecule has 1 N–H and O–H groups in total. The molecule has 0 aliphatic carbocycles. The molecule has 0 spiro atoms. The summed E-state index contributed by atoms with van der Waals surface area (Å²) in [6.07, 6.45) is 4.01. The third-order valence-electron chi connectivity index (χ3n) is 3.17. The largest absolute Gasteiger partial charge is 0.467 e. The number of hydrogen-bond donors (Lipinski definition) is 1. The average molecular weight is 282 g/mol. The van der Waals surface area contributed by atoms with Crippen LogP contribution in [0.2, 0.25) is 0 Å². The van der Waals surface area contributed by atoms with Gasteiger partial charge in [-0.1, -0.05) is 0 Å². The molecule has 2 rings (SSSR count). The maximum absolute atomic E-state index is 11.8. The van der Waals surface area contributed by atoms with Crippen molar-refractivity contribution >= 4 is 6.03 Å². The Kier molecular flexibility index (Phi) is 5.88. The predicted molar refractivity (Wildman–Crippen MR) is 73.4 cm³/mol. The highest BCUT2D eigenvalue weighted by molar-refractivity contribution is 5.73. The van der Waals surface area contributed by atoms with Gasteiger partial charge in [-0.25, -0.2) is 4.79 Å². The number of nitrogens with one attached hydrogen (secondary N) is 1. The molecule has 6 nitrogen and oxygen atoms in total. The maximum Gasteiger partial charge on any atom is 0.317 e. The van der Waals surface area contributed by atoms with Gasteiger partial charge in [-0.3, -0.25) is 0 Å². The topological polar surface area (TPSA) is 63.9 Å². The van der Waals surface area contributed by atoms with Crippen molar-refractivity contribution in [1.82, 2.24) is 10.2 Å². The van der Waals surface area contributed by atoms with Crippen LogP contribution in [0.5, 0.6) is 0 Å². The molecule has 0 unspecified atom stereocenters. The van der Waals surface area contributed by atoms with Gasteiger partial charge in [0, 0.05) is 20.2 Å². The third-order valence-corrected chi connectivity index (χ3v) is 3.17. The van der Waals surface area contributed by atoms with Gasteiger partial charge < -0.3 is 24.1 Å². The van der Waals surface area contributed by atoms with E-state index >= 15 is 0 Å². The van der Waals surface area contributed by atoms with Crippen molar-refractivity contribution in [3.63, 3.8) is 0 Å². The molecule has 2 amide bonds. The first-order valence-corrected chi connectivity index (χ1v) is 6.96. The van der Waals surface area contributed by atoms with Crippen molar-refractivity contribution < 1.29 is 18.7 Å². The number of carbonyl (C=O) groups excluding carboxylic acids is 1. The molecular formula is C14H22N2O4. The van der Waals surface area contributed by atoms with E-state index in [0.717, 1.165) is 25.2 Å². The number of amides is 2. The van der Waals surface area contributed by atoms with Crippen LogP contribution in [0.4, 0.5) is 4.79 Å². The lowest BCUT2D eigenvalue weighted by molar-refractivity contribution is 0.0186. The fraction of sp³-hybridized carbons (Fsp3) is 0.643. The van der Waals surface area contributed by atoms with Crippen molar-refractivity contribution in [2.45, 2.75) is 25.5 Å². The average Bonchev–Trinajstić information content (AvgIpc) is 3.11. The maximum atomic E-state index is 11.8. The fourth-order valence-corrected chi connectivity index (χ4v) is 2.06. The number of ether oxygens (including phenoxy) is 2. The van der Waals surface area contributed by atoms with E-state index in [0.29, 0.717) is 26.3 Å². The van der Waals surface area contributed by atoms with Gasteiger partial charge in [0.2, 0.25) is 0 Å². The summed E-state index contributed by atoms with van der Waals surface area (Å²) >= 11 is 0. The van der Waals surface area contributed by atoms with Gasteiger partial charge in [-0.05, 0) is 25.0 Å². The molecule has 1 atom stereocenters. The summed E-state index contributed by atoms with van der Waals surface area (Å²) in [7, 11) is 1.73. The highest BCUT2D eigenvalue weighted by Gasteiger charge is 2.15. The van der Waals surface area contributed by atoms with Crippen molar-refractivity contribution in [3.05, 3.63) is 24.2 Å². The van der Waals surface area contributed by atoms with Crippen LogP contribution in [0.15, 0.2) is 22.8 Å². The van der Waals surface area contributed by atoms with Crippen LogP contribution in [0.25, 0.3) is 0 Å². The molecule has 1 aromatic heterocycles. The van der Waals surface area contributed by atoms with Crippen LogP contribution in [0.3, 0.4) is 0 Å². The van der Waals surface area contributed by atoms with Gasteiger partial charge in [0.25, 0.3) is 0 Å². The molecule has 2 heterocycles.